The molecular formula is C16H14BrN3O3. The van der Waals surface area contributed by atoms with E-state index in [1.54, 1.807) is 23.1 Å². The van der Waals surface area contributed by atoms with Crippen molar-refractivity contribution < 1.29 is 14.3 Å². The molecule has 3 rings (SSSR count). The lowest BCUT2D eigenvalue weighted by Gasteiger charge is -2.39. The lowest BCUT2D eigenvalue weighted by Crippen LogP contribution is -2.56. The Balaban J connectivity index is 1.58. The molecule has 1 saturated heterocycles. The van der Waals surface area contributed by atoms with Crippen molar-refractivity contribution in [2.75, 3.05) is 13.1 Å². The van der Waals surface area contributed by atoms with Crippen LogP contribution in [0.2, 0.25) is 0 Å². The second-order valence-electron chi connectivity index (χ2n) is 5.20. The highest BCUT2D eigenvalue weighted by Crippen LogP contribution is 2.21. The maximum Gasteiger partial charge on any atom is 0.267 e. The monoisotopic (exact) mass is 375 g/mol. The number of nitrogens with two attached hydrogens (primary N) is 1. The molecule has 0 bridgehead atoms. The first-order chi connectivity index (χ1) is 11.0. The molecule has 7 heteroatoms. The summed E-state index contributed by atoms with van der Waals surface area (Å²) in [5.41, 5.74) is 5.98. The number of amides is 2. The SMILES string of the molecule is NC(=O)c1cc(OC2CN(C(=O)c3cccc(Br)c3)C2)ccn1. The van der Waals surface area contributed by atoms with Gasteiger partial charge in [-0.25, -0.2) is 0 Å². The summed E-state index contributed by atoms with van der Waals surface area (Å²) in [6.45, 7) is 0.999. The summed E-state index contributed by atoms with van der Waals surface area (Å²) in [5.74, 6) is -0.109. The molecule has 6 nitrogen and oxygen atoms in total. The van der Waals surface area contributed by atoms with Crippen LogP contribution in [0.4, 0.5) is 0 Å². The Morgan fingerprint density at radius 3 is 2.74 bits per heavy atom. The minimum absolute atomic E-state index is 0.0290. The Morgan fingerprint density at radius 2 is 2.04 bits per heavy atom. The number of pyridine rings is 1. The standard InChI is InChI=1S/C16H14BrN3O3/c17-11-3-1-2-10(6-11)16(22)20-8-13(9-20)23-12-4-5-19-14(7-12)15(18)21/h1-7,13H,8-9H2,(H2,18,21). The molecule has 1 aliphatic rings. The van der Waals surface area contributed by atoms with E-state index in [-0.39, 0.29) is 17.7 Å². The van der Waals surface area contributed by atoms with Crippen LogP contribution >= 0.6 is 15.9 Å². The zero-order valence-corrected chi connectivity index (χ0v) is 13.7. The Morgan fingerprint density at radius 1 is 1.26 bits per heavy atom. The molecule has 2 aromatic rings. The summed E-state index contributed by atoms with van der Waals surface area (Å²) in [5, 5.41) is 0. The quantitative estimate of drug-likeness (QED) is 0.883. The third-order valence-corrected chi connectivity index (χ3v) is 3.99. The largest absolute Gasteiger partial charge is 0.487 e. The van der Waals surface area contributed by atoms with E-state index in [2.05, 4.69) is 20.9 Å². The first kappa shape index (κ1) is 15.5. The van der Waals surface area contributed by atoms with Crippen molar-refractivity contribution in [1.82, 2.24) is 9.88 Å². The fraction of sp³-hybridized carbons (Fsp3) is 0.188. The van der Waals surface area contributed by atoms with Gasteiger partial charge in [0, 0.05) is 22.3 Å². The van der Waals surface area contributed by atoms with E-state index in [0.29, 0.717) is 24.4 Å². The number of ether oxygens (including phenoxy) is 1. The van der Waals surface area contributed by atoms with Gasteiger partial charge in [-0.1, -0.05) is 22.0 Å². The molecule has 0 saturated carbocycles. The van der Waals surface area contributed by atoms with Crippen LogP contribution in [-0.2, 0) is 0 Å². The van der Waals surface area contributed by atoms with Crippen LogP contribution in [0.1, 0.15) is 20.8 Å². The van der Waals surface area contributed by atoms with Crippen LogP contribution in [0.25, 0.3) is 0 Å². The van der Waals surface area contributed by atoms with Gasteiger partial charge in [-0.2, -0.15) is 0 Å². The van der Waals surface area contributed by atoms with Gasteiger partial charge in [-0.15, -0.1) is 0 Å². The molecule has 2 N–H and O–H groups in total. The number of primary amides is 1. The zero-order valence-electron chi connectivity index (χ0n) is 12.1. The van der Waals surface area contributed by atoms with E-state index < -0.39 is 5.91 Å². The number of halogens is 1. The topological polar surface area (TPSA) is 85.5 Å². The molecule has 23 heavy (non-hydrogen) atoms. The first-order valence-corrected chi connectivity index (χ1v) is 7.79. The highest BCUT2D eigenvalue weighted by Gasteiger charge is 2.32. The van der Waals surface area contributed by atoms with Gasteiger partial charge in [0.2, 0.25) is 0 Å². The van der Waals surface area contributed by atoms with E-state index in [1.165, 1.54) is 12.3 Å². The number of carbonyl (C=O) groups excluding carboxylic acids is 2. The number of nitrogens with zero attached hydrogens (tertiary/aromatic N) is 2. The maximum absolute atomic E-state index is 12.3. The van der Waals surface area contributed by atoms with Crippen LogP contribution in [0.5, 0.6) is 5.75 Å². The minimum atomic E-state index is -0.601. The van der Waals surface area contributed by atoms with E-state index in [9.17, 15) is 9.59 Å². The number of likely N-dealkylation sites (tertiary alicyclic amines) is 1. The molecule has 1 aliphatic heterocycles. The Kier molecular flexibility index (Phi) is 4.29. The van der Waals surface area contributed by atoms with Gasteiger partial charge >= 0.3 is 0 Å². The van der Waals surface area contributed by atoms with Gasteiger partial charge in [0.05, 0.1) is 13.1 Å². The molecular weight excluding hydrogens is 362 g/mol. The predicted molar refractivity (Wildman–Crippen MR) is 87.2 cm³/mol. The summed E-state index contributed by atoms with van der Waals surface area (Å²) in [6.07, 6.45) is 1.37. The molecule has 2 heterocycles. The molecule has 0 spiro atoms. The van der Waals surface area contributed by atoms with Gasteiger partial charge in [0.1, 0.15) is 17.5 Å². The van der Waals surface area contributed by atoms with Crippen molar-refractivity contribution in [3.63, 3.8) is 0 Å². The van der Waals surface area contributed by atoms with E-state index in [1.807, 2.05) is 12.1 Å². The van der Waals surface area contributed by atoms with Gasteiger partial charge < -0.3 is 15.4 Å². The first-order valence-electron chi connectivity index (χ1n) is 7.00. The molecule has 1 fully saturated rings. The van der Waals surface area contributed by atoms with Crippen LogP contribution in [0, 0.1) is 0 Å². The molecule has 0 unspecified atom stereocenters. The zero-order chi connectivity index (χ0) is 16.4. The second-order valence-corrected chi connectivity index (χ2v) is 6.12. The van der Waals surface area contributed by atoms with Crippen LogP contribution in [0.3, 0.4) is 0 Å². The molecule has 1 aromatic carbocycles. The maximum atomic E-state index is 12.3. The van der Waals surface area contributed by atoms with Crippen molar-refractivity contribution in [2.24, 2.45) is 5.73 Å². The van der Waals surface area contributed by atoms with Crippen molar-refractivity contribution in [1.29, 1.82) is 0 Å². The summed E-state index contributed by atoms with van der Waals surface area (Å²) >= 11 is 3.35. The highest BCUT2D eigenvalue weighted by molar-refractivity contribution is 9.10. The normalized spacial score (nSPS) is 14.2. The molecule has 1 aromatic heterocycles. The van der Waals surface area contributed by atoms with Crippen LogP contribution in [0.15, 0.2) is 47.1 Å². The number of hydrogen-bond acceptors (Lipinski definition) is 4. The van der Waals surface area contributed by atoms with E-state index in [4.69, 9.17) is 10.5 Å². The van der Waals surface area contributed by atoms with Crippen molar-refractivity contribution >= 4 is 27.7 Å². The second kappa shape index (κ2) is 6.37. The smallest absolute Gasteiger partial charge is 0.267 e. The van der Waals surface area contributed by atoms with Crippen molar-refractivity contribution in [3.8, 4) is 5.75 Å². The third kappa shape index (κ3) is 3.50. The average molecular weight is 376 g/mol. The average Bonchev–Trinajstić information content (AvgIpc) is 2.50. The molecule has 2 amide bonds. The van der Waals surface area contributed by atoms with E-state index in [0.717, 1.165) is 4.47 Å². The number of aromatic nitrogens is 1. The minimum Gasteiger partial charge on any atom is -0.487 e. The van der Waals surface area contributed by atoms with Crippen LogP contribution < -0.4 is 10.5 Å². The predicted octanol–water partition coefficient (Wildman–Crippen LogP) is 1.85. The summed E-state index contributed by atoms with van der Waals surface area (Å²) in [4.78, 5) is 29.0. The van der Waals surface area contributed by atoms with Gasteiger partial charge in [0.25, 0.3) is 11.8 Å². The van der Waals surface area contributed by atoms with Crippen molar-refractivity contribution in [2.45, 2.75) is 6.10 Å². The van der Waals surface area contributed by atoms with Gasteiger partial charge in [-0.05, 0) is 24.3 Å². The Bertz CT molecular complexity index is 760. The lowest BCUT2D eigenvalue weighted by atomic mass is 10.1. The lowest BCUT2D eigenvalue weighted by molar-refractivity contribution is 0.0177. The van der Waals surface area contributed by atoms with Crippen LogP contribution in [-0.4, -0.2) is 40.9 Å². The van der Waals surface area contributed by atoms with Gasteiger partial charge in [0.15, 0.2) is 0 Å². The fourth-order valence-electron chi connectivity index (χ4n) is 2.29. The Hall–Kier alpha value is -2.41. The van der Waals surface area contributed by atoms with E-state index >= 15 is 0 Å². The number of hydrogen-bond donors (Lipinski definition) is 1. The Labute approximate surface area is 141 Å². The van der Waals surface area contributed by atoms with Gasteiger partial charge in [-0.3, -0.25) is 14.6 Å². The summed E-state index contributed by atoms with van der Waals surface area (Å²) < 4.78 is 6.60. The molecule has 0 aliphatic carbocycles. The molecule has 0 atom stereocenters. The highest BCUT2D eigenvalue weighted by atomic mass is 79.9. The van der Waals surface area contributed by atoms with Crippen molar-refractivity contribution in [3.05, 3.63) is 58.3 Å². The summed E-state index contributed by atoms with van der Waals surface area (Å²) in [6, 6.07) is 10.4. The third-order valence-electron chi connectivity index (χ3n) is 3.49. The molecule has 0 radical (unpaired) electrons. The number of benzene rings is 1. The number of rotatable bonds is 4. The fourth-order valence-corrected chi connectivity index (χ4v) is 2.69. The summed E-state index contributed by atoms with van der Waals surface area (Å²) in [7, 11) is 0. The molecule has 118 valence electrons. The number of carbonyl (C=O) groups is 2.